The van der Waals surface area contributed by atoms with Crippen molar-refractivity contribution in [1.29, 1.82) is 0 Å². The quantitative estimate of drug-likeness (QED) is 0.582. The summed E-state index contributed by atoms with van der Waals surface area (Å²) in [6.45, 7) is 0.934. The van der Waals surface area contributed by atoms with Crippen molar-refractivity contribution in [3.63, 3.8) is 0 Å². The highest BCUT2D eigenvalue weighted by Crippen LogP contribution is 2.31. The Kier molecular flexibility index (Phi) is 6.09. The Morgan fingerprint density at radius 1 is 0.913 bits per heavy atom. The number of aryl methyl sites for hydroxylation is 1. The Morgan fingerprint density at radius 3 is 2.57 bits per heavy atom. The van der Waals surface area contributed by atoms with Gasteiger partial charge in [0.2, 0.25) is 0 Å². The number of rotatable bonds is 2. The normalized spacial score (nSPS) is 13.6. The topological polar surface area (TPSA) is 17.8 Å². The largest absolute Gasteiger partial charge is 0.340 e. The van der Waals surface area contributed by atoms with Crippen LogP contribution in [0, 0.1) is 0 Å². The van der Waals surface area contributed by atoms with Crippen LogP contribution in [-0.4, -0.2) is 9.55 Å². The molecule has 1 aliphatic carbocycles. The molecular formula is C19H22Cl2N2. The van der Waals surface area contributed by atoms with E-state index in [1.807, 2.05) is 18.5 Å². The van der Waals surface area contributed by atoms with Gasteiger partial charge in [0.1, 0.15) is 0 Å². The zero-order valence-corrected chi connectivity index (χ0v) is 14.7. The van der Waals surface area contributed by atoms with Crippen molar-refractivity contribution in [2.45, 2.75) is 38.6 Å². The molecule has 0 saturated heterocycles. The molecule has 0 atom stereocenters. The van der Waals surface area contributed by atoms with E-state index >= 15 is 0 Å². The minimum atomic E-state index is 0. The standard InChI is InChI=1S/C19H20N2.2ClH/c1-2-8-16-17-9-4-5-11-19(17)21(18(16)10-3-1)14-15-7-6-12-20-13-15;;/h4-7,9,11-13H,1-3,8,10,14H2;2*1H. The summed E-state index contributed by atoms with van der Waals surface area (Å²) in [5, 5.41) is 1.46. The van der Waals surface area contributed by atoms with Gasteiger partial charge in [-0.05, 0) is 48.9 Å². The van der Waals surface area contributed by atoms with Crippen LogP contribution in [0.1, 0.15) is 36.1 Å². The molecule has 3 aromatic rings. The van der Waals surface area contributed by atoms with Gasteiger partial charge in [-0.1, -0.05) is 30.7 Å². The predicted molar refractivity (Wildman–Crippen MR) is 101 cm³/mol. The first kappa shape index (κ1) is 17.8. The van der Waals surface area contributed by atoms with E-state index in [9.17, 15) is 0 Å². The van der Waals surface area contributed by atoms with E-state index < -0.39 is 0 Å². The molecule has 122 valence electrons. The molecule has 0 bridgehead atoms. The summed E-state index contributed by atoms with van der Waals surface area (Å²) >= 11 is 0. The van der Waals surface area contributed by atoms with Crippen LogP contribution in [0.2, 0.25) is 0 Å². The van der Waals surface area contributed by atoms with Gasteiger partial charge in [-0.25, -0.2) is 0 Å². The number of aromatic nitrogens is 2. The maximum absolute atomic E-state index is 4.26. The molecule has 0 unspecified atom stereocenters. The fourth-order valence-electron chi connectivity index (χ4n) is 3.62. The van der Waals surface area contributed by atoms with E-state index in [0.29, 0.717) is 0 Å². The van der Waals surface area contributed by atoms with Crippen LogP contribution in [0.25, 0.3) is 10.9 Å². The lowest BCUT2D eigenvalue weighted by atomic mass is 10.1. The third kappa shape index (κ3) is 3.39. The molecule has 0 spiro atoms. The van der Waals surface area contributed by atoms with Crippen LogP contribution in [0.4, 0.5) is 0 Å². The minimum absolute atomic E-state index is 0. The monoisotopic (exact) mass is 348 g/mol. The van der Waals surface area contributed by atoms with Crippen molar-refractivity contribution in [2.75, 3.05) is 0 Å². The maximum atomic E-state index is 4.26. The molecule has 0 radical (unpaired) electrons. The van der Waals surface area contributed by atoms with E-state index in [2.05, 4.69) is 39.9 Å². The molecule has 4 rings (SSSR count). The van der Waals surface area contributed by atoms with Crippen molar-refractivity contribution in [2.24, 2.45) is 0 Å². The third-order valence-electron chi connectivity index (χ3n) is 4.60. The number of benzene rings is 1. The minimum Gasteiger partial charge on any atom is -0.340 e. The van der Waals surface area contributed by atoms with Gasteiger partial charge >= 0.3 is 0 Å². The fourth-order valence-corrected chi connectivity index (χ4v) is 3.62. The molecule has 0 amide bonds. The highest BCUT2D eigenvalue weighted by atomic mass is 35.5. The lowest BCUT2D eigenvalue weighted by Gasteiger charge is -2.11. The summed E-state index contributed by atoms with van der Waals surface area (Å²) in [6, 6.07) is 13.1. The maximum Gasteiger partial charge on any atom is 0.0494 e. The van der Waals surface area contributed by atoms with Crippen LogP contribution in [-0.2, 0) is 19.4 Å². The van der Waals surface area contributed by atoms with Crippen LogP contribution in [0.15, 0.2) is 48.8 Å². The second-order valence-corrected chi connectivity index (χ2v) is 5.95. The average molecular weight is 349 g/mol. The molecule has 0 aliphatic heterocycles. The first-order chi connectivity index (χ1) is 10.4. The highest BCUT2D eigenvalue weighted by molar-refractivity contribution is 5.86. The van der Waals surface area contributed by atoms with Crippen LogP contribution in [0.3, 0.4) is 0 Å². The number of halogens is 2. The summed E-state index contributed by atoms with van der Waals surface area (Å²) in [7, 11) is 0. The van der Waals surface area contributed by atoms with Gasteiger partial charge in [-0.3, -0.25) is 4.98 Å². The molecule has 2 aromatic heterocycles. The second-order valence-electron chi connectivity index (χ2n) is 5.95. The zero-order valence-electron chi connectivity index (χ0n) is 13.1. The number of para-hydroxylation sites is 1. The number of pyridine rings is 1. The molecule has 0 saturated carbocycles. The Labute approximate surface area is 149 Å². The van der Waals surface area contributed by atoms with Crippen molar-refractivity contribution >= 4 is 35.7 Å². The van der Waals surface area contributed by atoms with Gasteiger partial charge in [-0.15, -0.1) is 24.8 Å². The van der Waals surface area contributed by atoms with Crippen LogP contribution >= 0.6 is 24.8 Å². The van der Waals surface area contributed by atoms with E-state index in [0.717, 1.165) is 6.54 Å². The lowest BCUT2D eigenvalue weighted by molar-refractivity contribution is 0.687. The molecule has 4 heteroatoms. The Morgan fingerprint density at radius 2 is 1.74 bits per heavy atom. The van der Waals surface area contributed by atoms with E-state index in [-0.39, 0.29) is 24.8 Å². The molecular weight excluding hydrogens is 327 g/mol. The van der Waals surface area contributed by atoms with Crippen LogP contribution < -0.4 is 0 Å². The van der Waals surface area contributed by atoms with Gasteiger partial charge < -0.3 is 4.57 Å². The Balaban J connectivity index is 0.000000960. The van der Waals surface area contributed by atoms with Gasteiger partial charge in [0, 0.05) is 35.5 Å². The SMILES string of the molecule is Cl.Cl.c1cncc(Cn2c3c(c4ccccc42)CCCCC3)c1. The first-order valence-corrected chi connectivity index (χ1v) is 7.91. The van der Waals surface area contributed by atoms with Crippen molar-refractivity contribution < 1.29 is 0 Å². The van der Waals surface area contributed by atoms with Gasteiger partial charge in [0.05, 0.1) is 0 Å². The first-order valence-electron chi connectivity index (χ1n) is 7.91. The second kappa shape index (κ2) is 7.85. The summed E-state index contributed by atoms with van der Waals surface area (Å²) < 4.78 is 2.52. The lowest BCUT2D eigenvalue weighted by Crippen LogP contribution is -2.05. The Hall–Kier alpha value is -1.51. The van der Waals surface area contributed by atoms with Crippen molar-refractivity contribution in [3.05, 3.63) is 65.6 Å². The highest BCUT2D eigenvalue weighted by Gasteiger charge is 2.18. The molecule has 0 fully saturated rings. The Bertz CT molecular complexity index is 766. The summed E-state index contributed by atoms with van der Waals surface area (Å²) in [6.07, 6.45) is 10.3. The average Bonchev–Trinajstić information content (AvgIpc) is 2.69. The number of nitrogens with zero attached hydrogens (tertiary/aromatic N) is 2. The number of fused-ring (bicyclic) bond motifs is 3. The van der Waals surface area contributed by atoms with Gasteiger partial charge in [0.25, 0.3) is 0 Å². The molecule has 2 nitrogen and oxygen atoms in total. The molecule has 23 heavy (non-hydrogen) atoms. The van der Waals surface area contributed by atoms with E-state index in [1.165, 1.54) is 48.6 Å². The predicted octanol–water partition coefficient (Wildman–Crippen LogP) is 5.20. The van der Waals surface area contributed by atoms with E-state index in [1.54, 1.807) is 11.3 Å². The fraction of sp³-hybridized carbons (Fsp3) is 0.316. The number of hydrogen-bond donors (Lipinski definition) is 0. The zero-order chi connectivity index (χ0) is 14.1. The molecule has 0 N–H and O–H groups in total. The molecule has 1 aliphatic rings. The van der Waals surface area contributed by atoms with Gasteiger partial charge in [-0.2, -0.15) is 0 Å². The smallest absolute Gasteiger partial charge is 0.0494 e. The van der Waals surface area contributed by atoms with Crippen molar-refractivity contribution in [3.8, 4) is 0 Å². The van der Waals surface area contributed by atoms with Crippen molar-refractivity contribution in [1.82, 2.24) is 9.55 Å². The number of hydrogen-bond acceptors (Lipinski definition) is 1. The molecule has 1 aromatic carbocycles. The van der Waals surface area contributed by atoms with Crippen LogP contribution in [0.5, 0.6) is 0 Å². The van der Waals surface area contributed by atoms with E-state index in [4.69, 9.17) is 0 Å². The van der Waals surface area contributed by atoms with Gasteiger partial charge in [0.15, 0.2) is 0 Å². The summed E-state index contributed by atoms with van der Waals surface area (Å²) in [5.74, 6) is 0. The summed E-state index contributed by atoms with van der Waals surface area (Å²) in [4.78, 5) is 4.26. The summed E-state index contributed by atoms with van der Waals surface area (Å²) in [5.41, 5.74) is 5.81. The molecule has 2 heterocycles. The third-order valence-corrected chi connectivity index (χ3v) is 4.60.